The Morgan fingerprint density at radius 3 is 3.00 bits per heavy atom. The van der Waals surface area contributed by atoms with Crippen molar-refractivity contribution in [2.75, 3.05) is 29.9 Å². The molecule has 0 saturated carbocycles. The van der Waals surface area contributed by atoms with E-state index in [4.69, 9.17) is 0 Å². The number of anilines is 2. The summed E-state index contributed by atoms with van der Waals surface area (Å²) in [6.07, 6.45) is 2.25. The number of halogens is 1. The first-order valence-electron chi connectivity index (χ1n) is 6.30. The van der Waals surface area contributed by atoms with E-state index in [2.05, 4.69) is 43.0 Å². The van der Waals surface area contributed by atoms with Crippen LogP contribution in [0.25, 0.3) is 0 Å². The van der Waals surface area contributed by atoms with Crippen LogP contribution in [0.5, 0.6) is 0 Å². The Bertz CT molecular complexity index is 415. The summed E-state index contributed by atoms with van der Waals surface area (Å²) in [6, 6.07) is 0. The predicted octanol–water partition coefficient (Wildman–Crippen LogP) is 1.88. The highest BCUT2D eigenvalue weighted by molar-refractivity contribution is 9.10. The summed E-state index contributed by atoms with van der Waals surface area (Å²) >= 11 is 3.54. The number of piperidine rings is 1. The molecule has 6 heteroatoms. The summed E-state index contributed by atoms with van der Waals surface area (Å²) in [6.45, 7) is 6.47. The number of aliphatic hydroxyl groups is 1. The number of nitrogens with one attached hydrogen (secondary N) is 1. The van der Waals surface area contributed by atoms with Crippen LogP contribution in [0.15, 0.2) is 10.8 Å². The lowest BCUT2D eigenvalue weighted by Gasteiger charge is -2.35. The summed E-state index contributed by atoms with van der Waals surface area (Å²) in [4.78, 5) is 10.6. The summed E-state index contributed by atoms with van der Waals surface area (Å²) in [5, 5.41) is 13.1. The van der Waals surface area contributed by atoms with E-state index < -0.39 is 0 Å². The number of hydrogen-bond acceptors (Lipinski definition) is 5. The molecule has 0 amide bonds. The maximum atomic E-state index is 9.96. The maximum Gasteiger partial charge on any atom is 0.148 e. The van der Waals surface area contributed by atoms with Gasteiger partial charge in [0.2, 0.25) is 0 Å². The molecular formula is C12H19BrN4O. The van der Waals surface area contributed by atoms with Gasteiger partial charge in [-0.05, 0) is 35.2 Å². The highest BCUT2D eigenvalue weighted by Gasteiger charge is 2.26. The van der Waals surface area contributed by atoms with E-state index in [0.717, 1.165) is 35.6 Å². The quantitative estimate of drug-likeness (QED) is 0.892. The second-order valence-corrected chi connectivity index (χ2v) is 5.46. The highest BCUT2D eigenvalue weighted by Crippen LogP contribution is 2.31. The summed E-state index contributed by atoms with van der Waals surface area (Å²) in [5.74, 6) is 2.01. The van der Waals surface area contributed by atoms with Crippen molar-refractivity contribution in [3.63, 3.8) is 0 Å². The second kappa shape index (κ2) is 5.84. The fraction of sp³-hybridized carbons (Fsp3) is 0.667. The van der Waals surface area contributed by atoms with Crippen LogP contribution in [-0.4, -0.2) is 40.8 Å². The molecule has 2 rings (SSSR count). The largest absolute Gasteiger partial charge is 0.391 e. The first-order chi connectivity index (χ1) is 8.63. The van der Waals surface area contributed by atoms with Crippen LogP contribution in [0.1, 0.15) is 20.3 Å². The third-order valence-electron chi connectivity index (χ3n) is 3.33. The fourth-order valence-corrected chi connectivity index (χ4v) is 2.71. The SMILES string of the molecule is CCNc1ncnc(N2CCC(C)C(O)C2)c1Br. The zero-order chi connectivity index (χ0) is 13.1. The van der Waals surface area contributed by atoms with Crippen LogP contribution in [-0.2, 0) is 0 Å². The van der Waals surface area contributed by atoms with E-state index in [9.17, 15) is 5.11 Å². The lowest BCUT2D eigenvalue weighted by Crippen LogP contribution is -2.43. The van der Waals surface area contributed by atoms with E-state index in [1.54, 1.807) is 6.33 Å². The molecule has 2 atom stereocenters. The molecule has 0 bridgehead atoms. The van der Waals surface area contributed by atoms with Crippen molar-refractivity contribution in [2.45, 2.75) is 26.4 Å². The van der Waals surface area contributed by atoms with Crippen LogP contribution in [0.2, 0.25) is 0 Å². The lowest BCUT2D eigenvalue weighted by atomic mass is 9.96. The Hall–Kier alpha value is -0.880. The van der Waals surface area contributed by atoms with Crippen molar-refractivity contribution in [1.29, 1.82) is 0 Å². The first kappa shape index (κ1) is 13.5. The number of hydrogen-bond donors (Lipinski definition) is 2. The van der Waals surface area contributed by atoms with Crippen molar-refractivity contribution < 1.29 is 5.11 Å². The molecule has 18 heavy (non-hydrogen) atoms. The molecule has 1 aliphatic rings. The van der Waals surface area contributed by atoms with Gasteiger partial charge in [0.05, 0.1) is 6.10 Å². The Morgan fingerprint density at radius 2 is 2.33 bits per heavy atom. The van der Waals surface area contributed by atoms with Gasteiger partial charge in [-0.1, -0.05) is 6.92 Å². The van der Waals surface area contributed by atoms with Gasteiger partial charge in [0, 0.05) is 19.6 Å². The smallest absolute Gasteiger partial charge is 0.148 e. The topological polar surface area (TPSA) is 61.3 Å². The van der Waals surface area contributed by atoms with Gasteiger partial charge in [0.25, 0.3) is 0 Å². The lowest BCUT2D eigenvalue weighted by molar-refractivity contribution is 0.102. The normalized spacial score (nSPS) is 24.1. The third-order valence-corrected chi connectivity index (χ3v) is 4.06. The van der Waals surface area contributed by atoms with Crippen molar-refractivity contribution in [2.24, 2.45) is 5.92 Å². The summed E-state index contributed by atoms with van der Waals surface area (Å²) in [5.41, 5.74) is 0. The van der Waals surface area contributed by atoms with Crippen molar-refractivity contribution >= 4 is 27.6 Å². The van der Waals surface area contributed by atoms with E-state index in [0.29, 0.717) is 12.5 Å². The zero-order valence-corrected chi connectivity index (χ0v) is 12.3. The number of rotatable bonds is 3. The molecular weight excluding hydrogens is 296 g/mol. The Kier molecular flexibility index (Phi) is 4.40. The molecule has 1 saturated heterocycles. The number of aliphatic hydroxyl groups excluding tert-OH is 1. The van der Waals surface area contributed by atoms with E-state index in [-0.39, 0.29) is 6.10 Å². The molecule has 1 fully saturated rings. The van der Waals surface area contributed by atoms with E-state index >= 15 is 0 Å². The first-order valence-corrected chi connectivity index (χ1v) is 7.10. The van der Waals surface area contributed by atoms with E-state index in [1.165, 1.54) is 0 Å². The average Bonchev–Trinajstić information content (AvgIpc) is 2.36. The molecule has 0 spiro atoms. The van der Waals surface area contributed by atoms with Crippen LogP contribution >= 0.6 is 15.9 Å². The highest BCUT2D eigenvalue weighted by atomic mass is 79.9. The molecule has 2 N–H and O–H groups in total. The molecule has 0 aliphatic carbocycles. The third kappa shape index (κ3) is 2.75. The summed E-state index contributed by atoms with van der Waals surface area (Å²) < 4.78 is 0.869. The number of β-amino-alcohol motifs (C(OH)–C–C–N with tert-alkyl or cyclic N) is 1. The molecule has 2 unspecified atom stereocenters. The average molecular weight is 315 g/mol. The van der Waals surface area contributed by atoms with Gasteiger partial charge in [-0.2, -0.15) is 0 Å². The van der Waals surface area contributed by atoms with Gasteiger partial charge < -0.3 is 15.3 Å². The second-order valence-electron chi connectivity index (χ2n) is 4.67. The van der Waals surface area contributed by atoms with Gasteiger partial charge in [-0.3, -0.25) is 0 Å². The molecule has 100 valence electrons. The van der Waals surface area contributed by atoms with Crippen LogP contribution < -0.4 is 10.2 Å². The molecule has 0 radical (unpaired) electrons. The molecule has 0 aromatic carbocycles. The maximum absolute atomic E-state index is 9.96. The standard InChI is InChI=1S/C12H19BrN4O/c1-3-14-11-10(13)12(16-7-15-11)17-5-4-8(2)9(18)6-17/h7-9,18H,3-6H2,1-2H3,(H,14,15,16). The van der Waals surface area contributed by atoms with Crippen molar-refractivity contribution in [1.82, 2.24) is 9.97 Å². The minimum absolute atomic E-state index is 0.289. The van der Waals surface area contributed by atoms with Crippen molar-refractivity contribution in [3.05, 3.63) is 10.8 Å². The Labute approximate surface area is 116 Å². The van der Waals surface area contributed by atoms with Gasteiger partial charge in [-0.15, -0.1) is 0 Å². The Balaban J connectivity index is 2.20. The minimum atomic E-state index is -0.289. The fourth-order valence-electron chi connectivity index (χ4n) is 2.11. The van der Waals surface area contributed by atoms with Crippen LogP contribution in [0, 0.1) is 5.92 Å². The molecule has 1 aromatic heterocycles. The van der Waals surface area contributed by atoms with Gasteiger partial charge >= 0.3 is 0 Å². The minimum Gasteiger partial charge on any atom is -0.391 e. The number of aromatic nitrogens is 2. The van der Waals surface area contributed by atoms with Gasteiger partial charge in [-0.25, -0.2) is 9.97 Å². The Morgan fingerprint density at radius 1 is 1.56 bits per heavy atom. The van der Waals surface area contributed by atoms with E-state index in [1.807, 2.05) is 6.92 Å². The molecule has 2 heterocycles. The van der Waals surface area contributed by atoms with Crippen LogP contribution in [0.3, 0.4) is 0 Å². The predicted molar refractivity (Wildman–Crippen MR) is 75.9 cm³/mol. The monoisotopic (exact) mass is 314 g/mol. The van der Waals surface area contributed by atoms with Crippen LogP contribution in [0.4, 0.5) is 11.6 Å². The summed E-state index contributed by atoms with van der Waals surface area (Å²) in [7, 11) is 0. The molecule has 1 aromatic rings. The van der Waals surface area contributed by atoms with Gasteiger partial charge in [0.1, 0.15) is 22.4 Å². The van der Waals surface area contributed by atoms with Crippen molar-refractivity contribution in [3.8, 4) is 0 Å². The van der Waals surface area contributed by atoms with Gasteiger partial charge in [0.15, 0.2) is 0 Å². The zero-order valence-electron chi connectivity index (χ0n) is 10.7. The molecule has 5 nitrogen and oxygen atoms in total. The molecule has 1 aliphatic heterocycles. The number of nitrogens with zero attached hydrogens (tertiary/aromatic N) is 3.